The van der Waals surface area contributed by atoms with Crippen LogP contribution >= 0.6 is 11.6 Å². The van der Waals surface area contributed by atoms with Gasteiger partial charge < -0.3 is 24.4 Å². The molecule has 2 aliphatic rings. The summed E-state index contributed by atoms with van der Waals surface area (Å²) in [5.74, 6) is -1.72. The number of benzene rings is 2. The zero-order valence-corrected chi connectivity index (χ0v) is 25.2. The van der Waals surface area contributed by atoms with Crippen molar-refractivity contribution >= 4 is 46.0 Å². The van der Waals surface area contributed by atoms with Crippen molar-refractivity contribution in [1.82, 2.24) is 14.7 Å². The van der Waals surface area contributed by atoms with Gasteiger partial charge in [0.25, 0.3) is 5.91 Å². The highest BCUT2D eigenvalue weighted by Gasteiger charge is 2.37. The fourth-order valence-electron chi connectivity index (χ4n) is 6.03. The van der Waals surface area contributed by atoms with E-state index in [0.717, 1.165) is 24.4 Å². The first-order valence-electron chi connectivity index (χ1n) is 14.4. The highest BCUT2D eigenvalue weighted by Crippen LogP contribution is 2.31. The Morgan fingerprint density at radius 3 is 2.56 bits per heavy atom. The summed E-state index contributed by atoms with van der Waals surface area (Å²) in [4.78, 5) is 39.9. The van der Waals surface area contributed by atoms with Gasteiger partial charge in [-0.3, -0.25) is 19.1 Å². The molecule has 2 heterocycles. The van der Waals surface area contributed by atoms with E-state index < -0.39 is 11.7 Å². The Morgan fingerprint density at radius 1 is 1.09 bits per heavy atom. The van der Waals surface area contributed by atoms with Crippen LogP contribution in [0.2, 0.25) is 5.02 Å². The van der Waals surface area contributed by atoms with Crippen LogP contribution in [-0.2, 0) is 37.3 Å². The summed E-state index contributed by atoms with van der Waals surface area (Å²) in [6, 6.07) is 9.57. The maximum Gasteiger partial charge on any atom is 0.308 e. The zero-order valence-electron chi connectivity index (χ0n) is 24.5. The van der Waals surface area contributed by atoms with Gasteiger partial charge in [0.1, 0.15) is 5.82 Å². The van der Waals surface area contributed by atoms with Crippen LogP contribution in [-0.4, -0.2) is 78.1 Å². The molecule has 1 aliphatic carbocycles. The Hall–Kier alpha value is -3.54. The topological polar surface area (TPSA) is 112 Å². The number of esters is 1. The second-order valence-corrected chi connectivity index (χ2v) is 11.6. The summed E-state index contributed by atoms with van der Waals surface area (Å²) in [6.07, 6.45) is 3.16. The Labute approximate surface area is 254 Å². The quantitative estimate of drug-likeness (QED) is 0.353. The van der Waals surface area contributed by atoms with Gasteiger partial charge in [0.2, 0.25) is 5.91 Å². The normalized spacial score (nSPS) is 22.1. The van der Waals surface area contributed by atoms with E-state index >= 15 is 4.39 Å². The fraction of sp³-hybridized carbons (Fsp3) is 0.484. The van der Waals surface area contributed by atoms with E-state index in [2.05, 4.69) is 10.4 Å². The summed E-state index contributed by atoms with van der Waals surface area (Å²) in [5.41, 5.74) is 1.19. The molecule has 2 amide bonds. The molecule has 2 atom stereocenters. The van der Waals surface area contributed by atoms with Gasteiger partial charge in [0.05, 0.1) is 60.5 Å². The number of methoxy groups -OCH3 is 2. The van der Waals surface area contributed by atoms with E-state index in [4.69, 9.17) is 25.8 Å². The smallest absolute Gasteiger partial charge is 0.308 e. The van der Waals surface area contributed by atoms with Gasteiger partial charge >= 0.3 is 5.97 Å². The molecule has 0 bridgehead atoms. The minimum atomic E-state index is -0.656. The van der Waals surface area contributed by atoms with Gasteiger partial charge in [-0.2, -0.15) is 5.10 Å². The minimum Gasteiger partial charge on any atom is -0.469 e. The third-order valence-electron chi connectivity index (χ3n) is 8.46. The molecule has 5 rings (SSSR count). The fourth-order valence-corrected chi connectivity index (χ4v) is 6.27. The van der Waals surface area contributed by atoms with Crippen molar-refractivity contribution in [2.45, 2.75) is 56.8 Å². The number of nitrogens with one attached hydrogen (secondary N) is 1. The van der Waals surface area contributed by atoms with Gasteiger partial charge in [0, 0.05) is 26.1 Å². The van der Waals surface area contributed by atoms with Crippen LogP contribution in [0.5, 0.6) is 0 Å². The van der Waals surface area contributed by atoms with Gasteiger partial charge in [0.15, 0.2) is 5.69 Å². The molecular formula is C31H36ClFN4O6. The number of nitrogens with zero attached hydrogens (tertiary/aromatic N) is 3. The monoisotopic (exact) mass is 614 g/mol. The molecule has 1 N–H and O–H groups in total. The molecule has 2 aromatic carbocycles. The number of carbonyl (C=O) groups excluding carboxylic acids is 3. The average Bonchev–Trinajstić information content (AvgIpc) is 3.59. The number of rotatable bonds is 9. The summed E-state index contributed by atoms with van der Waals surface area (Å²) in [6.45, 7) is 0.704. The summed E-state index contributed by atoms with van der Waals surface area (Å²) < 4.78 is 33.4. The van der Waals surface area contributed by atoms with Crippen molar-refractivity contribution in [3.05, 3.63) is 58.5 Å². The van der Waals surface area contributed by atoms with Crippen LogP contribution < -0.4 is 5.32 Å². The van der Waals surface area contributed by atoms with E-state index in [1.165, 1.54) is 13.2 Å². The highest BCUT2D eigenvalue weighted by molar-refractivity contribution is 6.34. The predicted octanol–water partition coefficient (Wildman–Crippen LogP) is 4.52. The van der Waals surface area contributed by atoms with Crippen LogP contribution in [0.25, 0.3) is 10.9 Å². The minimum absolute atomic E-state index is 0.00235. The van der Waals surface area contributed by atoms with E-state index in [9.17, 15) is 14.4 Å². The molecule has 1 aromatic heterocycles. The number of halogens is 2. The SMILES string of the molecule is COC(=O)C1CCC(OC[C@@H]2CC(OC)CN2C(=O)Cc2cc(Cl)c(NC(=O)c3nn(C)c4ccccc34)cc2F)CC1. The van der Waals surface area contributed by atoms with E-state index in [0.29, 0.717) is 37.8 Å². The molecule has 0 radical (unpaired) electrons. The first-order valence-corrected chi connectivity index (χ1v) is 14.8. The Bertz CT molecular complexity index is 1500. The van der Waals surface area contributed by atoms with Crippen LogP contribution in [0.3, 0.4) is 0 Å². The number of anilines is 1. The average molecular weight is 615 g/mol. The summed E-state index contributed by atoms with van der Waals surface area (Å²) in [7, 11) is 4.74. The van der Waals surface area contributed by atoms with Crippen LogP contribution in [0.1, 0.15) is 48.2 Å². The number of aryl methyl sites for hydroxylation is 1. The number of ether oxygens (including phenoxy) is 3. The number of amides is 2. The number of fused-ring (bicyclic) bond motifs is 1. The largest absolute Gasteiger partial charge is 0.469 e. The molecule has 1 aliphatic heterocycles. The maximum absolute atomic E-state index is 15.2. The standard InChI is InChI=1S/C31H36ClFN4O6/c1-36-27-7-5-4-6-23(27)29(35-36)30(39)34-26-15-25(33)19(12-24(26)32)13-28(38)37-16-22(41-2)14-20(37)17-43-21-10-8-18(9-11-21)31(40)42-3/h4-7,12,15,18,20-22H,8-11,13-14,16-17H2,1-3H3,(H,34,39)/t18?,20-,21?,22?/m0/s1. The lowest BCUT2D eigenvalue weighted by Gasteiger charge is -2.30. The molecule has 3 aromatic rings. The zero-order chi connectivity index (χ0) is 30.7. The van der Waals surface area contributed by atoms with Crippen molar-refractivity contribution in [2.24, 2.45) is 13.0 Å². The van der Waals surface area contributed by atoms with Gasteiger partial charge in [-0.25, -0.2) is 4.39 Å². The third kappa shape index (κ3) is 6.84. The molecule has 43 heavy (non-hydrogen) atoms. The summed E-state index contributed by atoms with van der Waals surface area (Å²) >= 11 is 6.45. The number of hydrogen-bond donors (Lipinski definition) is 1. The van der Waals surface area contributed by atoms with E-state index in [-0.39, 0.29) is 64.4 Å². The third-order valence-corrected chi connectivity index (χ3v) is 8.77. The molecule has 1 saturated carbocycles. The lowest BCUT2D eigenvalue weighted by molar-refractivity contribution is -0.148. The second kappa shape index (κ2) is 13.4. The molecule has 0 spiro atoms. The van der Waals surface area contributed by atoms with Crippen molar-refractivity contribution in [3.63, 3.8) is 0 Å². The van der Waals surface area contributed by atoms with Crippen molar-refractivity contribution in [3.8, 4) is 0 Å². The van der Waals surface area contributed by atoms with Crippen molar-refractivity contribution < 1.29 is 33.0 Å². The van der Waals surface area contributed by atoms with Crippen LogP contribution in [0, 0.1) is 11.7 Å². The van der Waals surface area contributed by atoms with E-state index in [1.807, 2.05) is 18.2 Å². The number of hydrogen-bond acceptors (Lipinski definition) is 7. The lowest BCUT2D eigenvalue weighted by Crippen LogP contribution is -2.40. The number of carbonyl (C=O) groups is 3. The second-order valence-electron chi connectivity index (χ2n) is 11.2. The molecule has 1 unspecified atom stereocenters. The molecule has 10 nitrogen and oxygen atoms in total. The maximum atomic E-state index is 15.2. The molecular weight excluding hydrogens is 579 g/mol. The van der Waals surface area contributed by atoms with Crippen molar-refractivity contribution in [2.75, 3.05) is 32.7 Å². The molecule has 230 valence electrons. The Balaban J connectivity index is 1.22. The lowest BCUT2D eigenvalue weighted by atomic mass is 9.87. The number of aromatic nitrogens is 2. The summed E-state index contributed by atoms with van der Waals surface area (Å²) in [5, 5.41) is 7.71. The van der Waals surface area contributed by atoms with E-state index in [1.54, 1.807) is 29.8 Å². The number of para-hydroxylation sites is 1. The van der Waals surface area contributed by atoms with Crippen LogP contribution in [0.4, 0.5) is 10.1 Å². The van der Waals surface area contributed by atoms with Gasteiger partial charge in [-0.05, 0) is 55.9 Å². The Kier molecular flexibility index (Phi) is 9.63. The Morgan fingerprint density at radius 2 is 1.84 bits per heavy atom. The molecule has 12 heteroatoms. The first-order chi connectivity index (χ1) is 20.7. The van der Waals surface area contributed by atoms with Gasteiger partial charge in [-0.15, -0.1) is 0 Å². The van der Waals surface area contributed by atoms with Crippen LogP contribution in [0.15, 0.2) is 36.4 Å². The first kappa shape index (κ1) is 30.9. The van der Waals surface area contributed by atoms with Crippen molar-refractivity contribution in [1.29, 1.82) is 0 Å². The van der Waals surface area contributed by atoms with Gasteiger partial charge in [-0.1, -0.05) is 29.8 Å². The molecule has 1 saturated heterocycles. The predicted molar refractivity (Wildman–Crippen MR) is 158 cm³/mol. The molecule has 2 fully saturated rings. The number of likely N-dealkylation sites (tertiary alicyclic amines) is 1. The highest BCUT2D eigenvalue weighted by atomic mass is 35.5.